The van der Waals surface area contributed by atoms with Crippen LogP contribution in [0, 0.1) is 11.3 Å². The molecular formula is C12H12N4O3S. The number of sulfonamides is 1. The Balaban J connectivity index is 2.17. The van der Waals surface area contributed by atoms with Crippen molar-refractivity contribution in [1.29, 1.82) is 5.26 Å². The van der Waals surface area contributed by atoms with Gasteiger partial charge in [0.15, 0.2) is 5.69 Å². The molecule has 0 aliphatic carbocycles. The van der Waals surface area contributed by atoms with Crippen LogP contribution in [0.4, 0.5) is 0 Å². The molecule has 0 amide bonds. The van der Waals surface area contributed by atoms with Crippen LogP contribution in [0.5, 0.6) is 0 Å². The van der Waals surface area contributed by atoms with Crippen molar-refractivity contribution in [3.05, 3.63) is 41.9 Å². The van der Waals surface area contributed by atoms with E-state index in [1.54, 1.807) is 12.3 Å². The molecule has 0 spiro atoms. The van der Waals surface area contributed by atoms with E-state index >= 15 is 0 Å². The average Bonchev–Trinajstić information content (AvgIpc) is 2.93. The summed E-state index contributed by atoms with van der Waals surface area (Å²) in [4.78, 5) is 7.51. The van der Waals surface area contributed by atoms with Gasteiger partial charge in [-0.2, -0.15) is 5.26 Å². The molecule has 20 heavy (non-hydrogen) atoms. The Labute approximate surface area is 116 Å². The molecular weight excluding hydrogens is 280 g/mol. The first-order valence-electron chi connectivity index (χ1n) is 5.85. The maximum absolute atomic E-state index is 12.1. The number of aromatic nitrogens is 2. The largest absolute Gasteiger partial charge is 0.444 e. The lowest BCUT2D eigenvalue weighted by molar-refractivity contribution is 0.452. The van der Waals surface area contributed by atoms with E-state index in [1.165, 1.54) is 18.3 Å². The highest BCUT2D eigenvalue weighted by molar-refractivity contribution is 7.89. The van der Waals surface area contributed by atoms with E-state index < -0.39 is 10.0 Å². The number of pyridine rings is 1. The smallest absolute Gasteiger partial charge is 0.243 e. The molecule has 0 saturated heterocycles. The predicted octanol–water partition coefficient (Wildman–Crippen LogP) is 0.982. The first-order valence-corrected chi connectivity index (χ1v) is 7.33. The van der Waals surface area contributed by atoms with E-state index in [9.17, 15) is 8.42 Å². The fourth-order valence-electron chi connectivity index (χ4n) is 1.52. The topological polar surface area (TPSA) is 109 Å². The number of nitrogens with zero attached hydrogens (tertiary/aromatic N) is 3. The summed E-state index contributed by atoms with van der Waals surface area (Å²) < 4.78 is 31.8. The zero-order valence-corrected chi connectivity index (χ0v) is 11.5. The minimum Gasteiger partial charge on any atom is -0.444 e. The summed E-state index contributed by atoms with van der Waals surface area (Å²) >= 11 is 0. The SMILES string of the molecule is CCc1cnc(CNS(=O)(=O)c2cccnc2C#N)o1. The molecule has 0 fully saturated rings. The van der Waals surface area contributed by atoms with Gasteiger partial charge < -0.3 is 4.42 Å². The Hall–Kier alpha value is -2.24. The number of aryl methyl sites for hydroxylation is 1. The summed E-state index contributed by atoms with van der Waals surface area (Å²) in [6.07, 6.45) is 3.59. The molecule has 0 aliphatic rings. The Kier molecular flexibility index (Phi) is 4.12. The van der Waals surface area contributed by atoms with Gasteiger partial charge in [-0.05, 0) is 12.1 Å². The fourth-order valence-corrected chi connectivity index (χ4v) is 2.60. The number of oxazole rings is 1. The molecule has 2 heterocycles. The highest BCUT2D eigenvalue weighted by Gasteiger charge is 2.19. The zero-order chi connectivity index (χ0) is 14.6. The summed E-state index contributed by atoms with van der Waals surface area (Å²) in [7, 11) is -3.83. The summed E-state index contributed by atoms with van der Waals surface area (Å²) in [5.74, 6) is 0.950. The van der Waals surface area contributed by atoms with E-state index in [4.69, 9.17) is 9.68 Å². The summed E-state index contributed by atoms with van der Waals surface area (Å²) in [6.45, 7) is 1.82. The lowest BCUT2D eigenvalue weighted by Crippen LogP contribution is -2.24. The lowest BCUT2D eigenvalue weighted by atomic mass is 10.4. The van der Waals surface area contributed by atoms with Crippen molar-refractivity contribution in [2.45, 2.75) is 24.8 Å². The Morgan fingerprint density at radius 1 is 1.45 bits per heavy atom. The van der Waals surface area contributed by atoms with Crippen LogP contribution in [0.1, 0.15) is 24.3 Å². The van der Waals surface area contributed by atoms with Crippen molar-refractivity contribution < 1.29 is 12.8 Å². The van der Waals surface area contributed by atoms with Gasteiger partial charge in [0.1, 0.15) is 16.7 Å². The minimum absolute atomic E-state index is 0.0813. The molecule has 8 heteroatoms. The quantitative estimate of drug-likeness (QED) is 0.879. The van der Waals surface area contributed by atoms with Gasteiger partial charge in [0.2, 0.25) is 15.9 Å². The van der Waals surface area contributed by atoms with Crippen molar-refractivity contribution in [1.82, 2.24) is 14.7 Å². The van der Waals surface area contributed by atoms with Gasteiger partial charge >= 0.3 is 0 Å². The van der Waals surface area contributed by atoms with Crippen LogP contribution in [0.15, 0.2) is 33.8 Å². The summed E-state index contributed by atoms with van der Waals surface area (Å²) in [5, 5.41) is 8.87. The zero-order valence-electron chi connectivity index (χ0n) is 10.7. The summed E-state index contributed by atoms with van der Waals surface area (Å²) in [6, 6.07) is 4.52. The average molecular weight is 292 g/mol. The first kappa shape index (κ1) is 14.2. The maximum atomic E-state index is 12.1. The molecule has 0 radical (unpaired) electrons. The van der Waals surface area contributed by atoms with Crippen molar-refractivity contribution in [2.24, 2.45) is 0 Å². The molecule has 2 aromatic heterocycles. The molecule has 7 nitrogen and oxygen atoms in total. The number of hydrogen-bond donors (Lipinski definition) is 1. The van der Waals surface area contributed by atoms with E-state index in [0.29, 0.717) is 12.2 Å². The Morgan fingerprint density at radius 3 is 2.90 bits per heavy atom. The van der Waals surface area contributed by atoms with E-state index in [1.807, 2.05) is 6.92 Å². The van der Waals surface area contributed by atoms with Gasteiger partial charge in [0.05, 0.1) is 12.7 Å². The van der Waals surface area contributed by atoms with Crippen molar-refractivity contribution >= 4 is 10.0 Å². The van der Waals surface area contributed by atoms with E-state index in [2.05, 4.69) is 14.7 Å². The molecule has 1 N–H and O–H groups in total. The molecule has 0 unspecified atom stereocenters. The third kappa shape index (κ3) is 3.01. The first-order chi connectivity index (χ1) is 9.56. The number of rotatable bonds is 5. The van der Waals surface area contributed by atoms with Gasteiger partial charge in [-0.3, -0.25) is 0 Å². The maximum Gasteiger partial charge on any atom is 0.243 e. The van der Waals surface area contributed by atoms with E-state index in [0.717, 1.165) is 0 Å². The molecule has 0 bridgehead atoms. The molecule has 0 atom stereocenters. The highest BCUT2D eigenvalue weighted by atomic mass is 32.2. The second-order valence-corrected chi connectivity index (χ2v) is 5.60. The van der Waals surface area contributed by atoms with Crippen molar-refractivity contribution in [3.8, 4) is 6.07 Å². The van der Waals surface area contributed by atoms with Crippen molar-refractivity contribution in [2.75, 3.05) is 0 Å². The molecule has 2 rings (SSSR count). The molecule has 0 aromatic carbocycles. The van der Waals surface area contributed by atoms with Crippen LogP contribution in [0.2, 0.25) is 0 Å². The Bertz CT molecular complexity index is 746. The summed E-state index contributed by atoms with van der Waals surface area (Å²) in [5.41, 5.74) is -0.151. The molecule has 104 valence electrons. The van der Waals surface area contributed by atoms with Crippen LogP contribution in [-0.4, -0.2) is 18.4 Å². The lowest BCUT2D eigenvalue weighted by Gasteiger charge is -2.05. The minimum atomic E-state index is -3.83. The van der Waals surface area contributed by atoms with Gasteiger partial charge in [-0.15, -0.1) is 0 Å². The van der Waals surface area contributed by atoms with Crippen LogP contribution < -0.4 is 4.72 Å². The van der Waals surface area contributed by atoms with Crippen LogP contribution in [0.25, 0.3) is 0 Å². The second-order valence-electron chi connectivity index (χ2n) is 3.86. The van der Waals surface area contributed by atoms with Gasteiger partial charge in [-0.1, -0.05) is 6.92 Å². The third-order valence-electron chi connectivity index (χ3n) is 2.53. The number of nitrogens with one attached hydrogen (secondary N) is 1. The van der Waals surface area contributed by atoms with Crippen LogP contribution in [-0.2, 0) is 23.0 Å². The standard InChI is InChI=1S/C12H12N4O3S/c1-2-9-7-15-12(19-9)8-16-20(17,18)11-4-3-5-14-10(11)6-13/h3-5,7,16H,2,8H2,1H3. The normalized spacial score (nSPS) is 11.2. The predicted molar refractivity (Wildman–Crippen MR) is 68.9 cm³/mol. The number of hydrogen-bond acceptors (Lipinski definition) is 6. The van der Waals surface area contributed by atoms with E-state index in [-0.39, 0.29) is 23.0 Å². The fraction of sp³-hybridized carbons (Fsp3) is 0.250. The monoisotopic (exact) mass is 292 g/mol. The van der Waals surface area contributed by atoms with Crippen LogP contribution in [0.3, 0.4) is 0 Å². The second kappa shape index (κ2) is 5.81. The molecule has 2 aromatic rings. The number of nitriles is 1. The Morgan fingerprint density at radius 2 is 2.25 bits per heavy atom. The highest BCUT2D eigenvalue weighted by Crippen LogP contribution is 2.12. The molecule has 0 saturated carbocycles. The van der Waals surface area contributed by atoms with Gasteiger partial charge in [0.25, 0.3) is 0 Å². The van der Waals surface area contributed by atoms with Gasteiger partial charge in [-0.25, -0.2) is 23.1 Å². The van der Waals surface area contributed by atoms with Gasteiger partial charge in [0, 0.05) is 12.6 Å². The van der Waals surface area contributed by atoms with Crippen LogP contribution >= 0.6 is 0 Å². The van der Waals surface area contributed by atoms with Crippen molar-refractivity contribution in [3.63, 3.8) is 0 Å². The third-order valence-corrected chi connectivity index (χ3v) is 3.96. The molecule has 0 aliphatic heterocycles.